The second kappa shape index (κ2) is 6.69. The minimum atomic E-state index is -3.47. The van der Waals surface area contributed by atoms with Crippen LogP contribution in [0.15, 0.2) is 34.5 Å². The molecule has 1 amide bonds. The lowest BCUT2D eigenvalue weighted by Gasteiger charge is -2.08. The molecule has 0 saturated heterocycles. The van der Waals surface area contributed by atoms with Gasteiger partial charge in [0.1, 0.15) is 4.88 Å². The number of anilines is 1. The van der Waals surface area contributed by atoms with Gasteiger partial charge in [0.05, 0.1) is 28.3 Å². The van der Waals surface area contributed by atoms with Crippen molar-refractivity contribution in [1.29, 1.82) is 0 Å². The molecule has 0 aliphatic rings. The number of halogens is 1. The van der Waals surface area contributed by atoms with Crippen LogP contribution in [-0.2, 0) is 14.6 Å². The predicted molar refractivity (Wildman–Crippen MR) is 88.2 cm³/mol. The van der Waals surface area contributed by atoms with Crippen molar-refractivity contribution in [3.63, 3.8) is 0 Å². The average molecular weight is 374 g/mol. The van der Waals surface area contributed by atoms with E-state index in [1.54, 1.807) is 11.4 Å². The molecule has 0 aliphatic heterocycles. The molecule has 2 rings (SSSR count). The molecule has 1 N–H and O–H groups in total. The van der Waals surface area contributed by atoms with Crippen LogP contribution in [0.5, 0.6) is 0 Å². The Morgan fingerprint density at radius 3 is 2.57 bits per heavy atom. The van der Waals surface area contributed by atoms with Crippen LogP contribution in [0.3, 0.4) is 0 Å². The number of esters is 1. The first-order chi connectivity index (χ1) is 10.7. The molecule has 0 aliphatic carbocycles. The Morgan fingerprint density at radius 2 is 1.96 bits per heavy atom. The van der Waals surface area contributed by atoms with Crippen molar-refractivity contribution in [2.45, 2.75) is 4.90 Å². The van der Waals surface area contributed by atoms with Crippen molar-refractivity contribution in [3.05, 3.63) is 45.1 Å². The van der Waals surface area contributed by atoms with Gasteiger partial charge in [-0.05, 0) is 29.6 Å². The van der Waals surface area contributed by atoms with E-state index in [1.165, 1.54) is 25.3 Å². The number of carbonyl (C=O) groups excluding carboxylic acids is 2. The Morgan fingerprint density at radius 1 is 1.26 bits per heavy atom. The highest BCUT2D eigenvalue weighted by molar-refractivity contribution is 7.90. The third-order valence-electron chi connectivity index (χ3n) is 2.89. The minimum Gasteiger partial charge on any atom is -0.465 e. The molecule has 122 valence electrons. The summed E-state index contributed by atoms with van der Waals surface area (Å²) in [6.07, 6.45) is 1.03. The van der Waals surface area contributed by atoms with Crippen molar-refractivity contribution in [2.24, 2.45) is 0 Å². The molecule has 23 heavy (non-hydrogen) atoms. The first kappa shape index (κ1) is 17.5. The number of nitrogens with one attached hydrogen (secondary N) is 1. The number of benzene rings is 1. The quantitative estimate of drug-likeness (QED) is 0.832. The maximum absolute atomic E-state index is 12.3. The molecular formula is C14H12ClNO5S2. The van der Waals surface area contributed by atoms with Gasteiger partial charge in [-0.1, -0.05) is 11.6 Å². The van der Waals surface area contributed by atoms with Gasteiger partial charge in [0.25, 0.3) is 5.91 Å². The summed E-state index contributed by atoms with van der Waals surface area (Å²) < 4.78 is 27.8. The van der Waals surface area contributed by atoms with Gasteiger partial charge in [-0.25, -0.2) is 13.2 Å². The minimum absolute atomic E-state index is 0.00314. The van der Waals surface area contributed by atoms with Crippen molar-refractivity contribution in [2.75, 3.05) is 18.7 Å². The van der Waals surface area contributed by atoms with E-state index in [-0.39, 0.29) is 26.0 Å². The lowest BCUT2D eigenvalue weighted by Crippen LogP contribution is -2.15. The van der Waals surface area contributed by atoms with Crippen LogP contribution in [-0.4, -0.2) is 33.7 Å². The fourth-order valence-electron chi connectivity index (χ4n) is 1.76. The number of hydrogen-bond acceptors (Lipinski definition) is 6. The molecule has 0 atom stereocenters. The van der Waals surface area contributed by atoms with E-state index >= 15 is 0 Å². The van der Waals surface area contributed by atoms with Gasteiger partial charge in [0, 0.05) is 6.26 Å². The fraction of sp³-hybridized carbons (Fsp3) is 0.143. The van der Waals surface area contributed by atoms with Gasteiger partial charge >= 0.3 is 5.97 Å². The Hall–Kier alpha value is -1.90. The molecule has 2 aromatic rings. The average Bonchev–Trinajstić information content (AvgIpc) is 2.93. The van der Waals surface area contributed by atoms with Gasteiger partial charge in [0.15, 0.2) is 9.84 Å². The molecule has 0 fully saturated rings. The van der Waals surface area contributed by atoms with Crippen LogP contribution < -0.4 is 5.32 Å². The first-order valence-corrected chi connectivity index (χ1v) is 9.35. The van der Waals surface area contributed by atoms with E-state index in [0.29, 0.717) is 0 Å². The van der Waals surface area contributed by atoms with E-state index in [2.05, 4.69) is 10.1 Å². The number of hydrogen-bond donors (Lipinski definition) is 1. The van der Waals surface area contributed by atoms with Gasteiger partial charge < -0.3 is 10.1 Å². The molecule has 1 heterocycles. The molecule has 6 nitrogen and oxygen atoms in total. The third-order valence-corrected chi connectivity index (χ3v) is 5.23. The van der Waals surface area contributed by atoms with Crippen molar-refractivity contribution in [1.82, 2.24) is 0 Å². The van der Waals surface area contributed by atoms with E-state index in [4.69, 9.17) is 11.6 Å². The molecule has 0 unspecified atom stereocenters. The molecule has 9 heteroatoms. The third kappa shape index (κ3) is 3.90. The summed E-state index contributed by atoms with van der Waals surface area (Å²) >= 11 is 7.08. The highest BCUT2D eigenvalue weighted by atomic mass is 35.5. The van der Waals surface area contributed by atoms with Gasteiger partial charge in [-0.2, -0.15) is 0 Å². The molecule has 0 spiro atoms. The van der Waals surface area contributed by atoms with Crippen LogP contribution >= 0.6 is 22.9 Å². The van der Waals surface area contributed by atoms with Crippen LogP contribution in [0.25, 0.3) is 0 Å². The lowest BCUT2D eigenvalue weighted by molar-refractivity contribution is 0.0607. The van der Waals surface area contributed by atoms with Crippen molar-refractivity contribution < 1.29 is 22.7 Å². The van der Waals surface area contributed by atoms with Gasteiger partial charge in [-0.3, -0.25) is 4.79 Å². The van der Waals surface area contributed by atoms with E-state index in [0.717, 1.165) is 17.6 Å². The monoisotopic (exact) mass is 373 g/mol. The number of sulfone groups is 1. The summed E-state index contributed by atoms with van der Waals surface area (Å²) in [5.74, 6) is -1.20. The molecule has 0 saturated carbocycles. The summed E-state index contributed by atoms with van der Waals surface area (Å²) in [5, 5.41) is 4.26. The highest BCUT2D eigenvalue weighted by Crippen LogP contribution is 2.26. The lowest BCUT2D eigenvalue weighted by atomic mass is 10.2. The van der Waals surface area contributed by atoms with Crippen LogP contribution in [0.1, 0.15) is 20.0 Å². The van der Waals surface area contributed by atoms with Gasteiger partial charge in [-0.15, -0.1) is 11.3 Å². The zero-order chi connectivity index (χ0) is 17.2. The highest BCUT2D eigenvalue weighted by Gasteiger charge is 2.19. The Bertz CT molecular complexity index is 873. The second-order valence-electron chi connectivity index (χ2n) is 4.52. The Balaban J connectivity index is 2.35. The molecule has 1 aromatic carbocycles. The largest absolute Gasteiger partial charge is 0.465 e. The zero-order valence-electron chi connectivity index (χ0n) is 12.1. The molecular weight excluding hydrogens is 362 g/mol. The van der Waals surface area contributed by atoms with Crippen molar-refractivity contribution >= 4 is 50.3 Å². The van der Waals surface area contributed by atoms with E-state index in [9.17, 15) is 18.0 Å². The van der Waals surface area contributed by atoms with Crippen molar-refractivity contribution in [3.8, 4) is 0 Å². The molecule has 0 radical (unpaired) electrons. The van der Waals surface area contributed by atoms with Crippen LogP contribution in [0.2, 0.25) is 5.02 Å². The number of rotatable bonds is 4. The predicted octanol–water partition coefficient (Wildman–Crippen LogP) is 2.84. The smallest absolute Gasteiger partial charge is 0.350 e. The number of methoxy groups -OCH3 is 1. The summed E-state index contributed by atoms with van der Waals surface area (Å²) in [7, 11) is -2.24. The Kier molecular flexibility index (Phi) is 5.08. The maximum atomic E-state index is 12.3. The number of carbonyl (C=O) groups is 2. The molecule has 1 aromatic heterocycles. The molecule has 0 bridgehead atoms. The summed E-state index contributed by atoms with van der Waals surface area (Å²) in [5.41, 5.74) is 0.268. The second-order valence-corrected chi connectivity index (χ2v) is 7.86. The standard InChI is InChI=1S/C14H12ClNO5S2/c1-21-14(18)12-11(5-6-22-12)16-13(17)9-7-8(23(2,19)20)3-4-10(9)15/h3-7H,1-2H3,(H,16,17). The number of thiophene rings is 1. The fourth-order valence-corrected chi connectivity index (χ4v) is 3.37. The van der Waals surface area contributed by atoms with Crippen LogP contribution in [0, 0.1) is 0 Å². The summed E-state index contributed by atoms with van der Waals surface area (Å²) in [6, 6.07) is 5.39. The first-order valence-electron chi connectivity index (χ1n) is 6.21. The van der Waals surface area contributed by atoms with E-state index in [1.807, 2.05) is 0 Å². The number of amides is 1. The van der Waals surface area contributed by atoms with Gasteiger partial charge in [0.2, 0.25) is 0 Å². The van der Waals surface area contributed by atoms with E-state index < -0.39 is 21.7 Å². The SMILES string of the molecule is COC(=O)c1sccc1NC(=O)c1cc(S(C)(=O)=O)ccc1Cl. The normalized spacial score (nSPS) is 11.1. The number of ether oxygens (including phenoxy) is 1. The van der Waals surface area contributed by atoms with Crippen LogP contribution in [0.4, 0.5) is 5.69 Å². The summed E-state index contributed by atoms with van der Waals surface area (Å²) in [4.78, 5) is 24.1. The topological polar surface area (TPSA) is 89.5 Å². The Labute approximate surface area is 142 Å². The zero-order valence-corrected chi connectivity index (χ0v) is 14.5. The maximum Gasteiger partial charge on any atom is 0.350 e. The summed E-state index contributed by atoms with van der Waals surface area (Å²) in [6.45, 7) is 0.